The fraction of sp³-hybridized carbons (Fsp3) is 0.304. The fourth-order valence-corrected chi connectivity index (χ4v) is 5.23. The fourth-order valence-electron chi connectivity index (χ4n) is 3.84. The van der Waals surface area contributed by atoms with Crippen LogP contribution in [0.5, 0.6) is 0 Å². The Bertz CT molecular complexity index is 1190. The Morgan fingerprint density at radius 1 is 0.875 bits per heavy atom. The average molecular weight is 491 g/mol. The van der Waals surface area contributed by atoms with Crippen molar-refractivity contribution in [2.75, 3.05) is 27.2 Å². The molecule has 1 aliphatic rings. The highest BCUT2D eigenvalue weighted by atomic mass is 35.5. The van der Waals surface area contributed by atoms with Crippen molar-refractivity contribution in [1.29, 1.82) is 0 Å². The first-order valence-electron chi connectivity index (χ1n) is 10.3. The van der Waals surface area contributed by atoms with Crippen LogP contribution in [-0.4, -0.2) is 54.2 Å². The Balaban J connectivity index is 1.67. The molecule has 168 valence electrons. The molecule has 0 radical (unpaired) electrons. The molecule has 0 atom stereocenters. The Hall–Kier alpha value is -2.03. The molecule has 0 spiro atoms. The van der Waals surface area contributed by atoms with E-state index in [0.717, 1.165) is 28.2 Å². The van der Waals surface area contributed by atoms with Crippen LogP contribution in [0.3, 0.4) is 0 Å². The zero-order valence-corrected chi connectivity index (χ0v) is 20.2. The molecule has 0 unspecified atom stereocenters. The molecule has 1 fully saturated rings. The van der Waals surface area contributed by atoms with E-state index in [9.17, 15) is 8.42 Å². The third-order valence-corrected chi connectivity index (χ3v) is 8.13. The van der Waals surface area contributed by atoms with Crippen LogP contribution >= 0.6 is 23.2 Å². The van der Waals surface area contributed by atoms with Crippen LogP contribution in [0.2, 0.25) is 10.0 Å². The van der Waals surface area contributed by atoms with Gasteiger partial charge in [0.25, 0.3) is 10.2 Å². The van der Waals surface area contributed by atoms with Gasteiger partial charge in [-0.2, -0.15) is 17.0 Å². The molecule has 32 heavy (non-hydrogen) atoms. The van der Waals surface area contributed by atoms with Crippen molar-refractivity contribution in [2.24, 2.45) is 0 Å². The van der Waals surface area contributed by atoms with Crippen LogP contribution in [0.25, 0.3) is 22.5 Å². The predicted molar refractivity (Wildman–Crippen MR) is 129 cm³/mol. The number of rotatable bonds is 5. The average Bonchev–Trinajstić information content (AvgIpc) is 2.80. The van der Waals surface area contributed by atoms with Gasteiger partial charge >= 0.3 is 0 Å². The van der Waals surface area contributed by atoms with Gasteiger partial charge in [-0.1, -0.05) is 47.5 Å². The molecule has 9 heteroatoms. The number of hydrogen-bond donors (Lipinski definition) is 0. The number of benzene rings is 2. The van der Waals surface area contributed by atoms with Gasteiger partial charge in [-0.15, -0.1) is 0 Å². The van der Waals surface area contributed by atoms with Gasteiger partial charge in [0.2, 0.25) is 0 Å². The highest BCUT2D eigenvalue weighted by Crippen LogP contribution is 2.34. The van der Waals surface area contributed by atoms with E-state index in [1.54, 1.807) is 14.1 Å². The molecule has 1 saturated heterocycles. The van der Waals surface area contributed by atoms with Crippen molar-refractivity contribution < 1.29 is 8.42 Å². The summed E-state index contributed by atoms with van der Waals surface area (Å²) in [6.45, 7) is 0.921. The minimum atomic E-state index is -3.40. The molecule has 0 bridgehead atoms. The summed E-state index contributed by atoms with van der Waals surface area (Å²) in [5.41, 5.74) is 4.24. The van der Waals surface area contributed by atoms with Gasteiger partial charge in [-0.25, -0.2) is 4.98 Å². The van der Waals surface area contributed by atoms with Crippen molar-refractivity contribution in [3.63, 3.8) is 0 Å². The van der Waals surface area contributed by atoms with Crippen molar-refractivity contribution in [2.45, 2.75) is 18.8 Å². The summed E-state index contributed by atoms with van der Waals surface area (Å²) in [6.07, 6.45) is 3.20. The monoisotopic (exact) mass is 490 g/mol. The Labute approximate surface area is 199 Å². The molecule has 0 aliphatic carbocycles. The Morgan fingerprint density at radius 2 is 1.38 bits per heavy atom. The second-order valence-corrected chi connectivity index (χ2v) is 11.0. The molecule has 1 aliphatic heterocycles. The number of halogens is 2. The second kappa shape index (κ2) is 9.45. The van der Waals surface area contributed by atoms with Gasteiger partial charge in [0, 0.05) is 60.5 Å². The van der Waals surface area contributed by atoms with Crippen molar-refractivity contribution >= 4 is 33.4 Å². The van der Waals surface area contributed by atoms with Gasteiger partial charge in [0.1, 0.15) is 0 Å². The van der Waals surface area contributed by atoms with E-state index in [-0.39, 0.29) is 5.92 Å². The van der Waals surface area contributed by atoms with E-state index in [4.69, 9.17) is 33.2 Å². The summed E-state index contributed by atoms with van der Waals surface area (Å²) < 4.78 is 27.6. The summed E-state index contributed by atoms with van der Waals surface area (Å²) in [7, 11) is -0.287. The van der Waals surface area contributed by atoms with E-state index in [1.807, 2.05) is 54.7 Å². The third kappa shape index (κ3) is 4.82. The van der Waals surface area contributed by atoms with Gasteiger partial charge in [-0.05, 0) is 37.1 Å². The second-order valence-electron chi connectivity index (χ2n) is 7.97. The quantitative estimate of drug-likeness (QED) is 0.498. The van der Waals surface area contributed by atoms with Gasteiger partial charge in [0.15, 0.2) is 0 Å². The number of aromatic nitrogens is 2. The van der Waals surface area contributed by atoms with Gasteiger partial charge in [-0.3, -0.25) is 4.98 Å². The normalized spacial score (nSPS) is 15.9. The highest BCUT2D eigenvalue weighted by molar-refractivity contribution is 7.86. The van der Waals surface area contributed by atoms with Gasteiger partial charge in [0.05, 0.1) is 17.1 Å². The molecule has 3 aromatic rings. The summed E-state index contributed by atoms with van der Waals surface area (Å²) in [5, 5.41) is 1.31. The van der Waals surface area contributed by atoms with Crippen LogP contribution in [0.15, 0.2) is 54.7 Å². The van der Waals surface area contributed by atoms with Crippen LogP contribution in [0.1, 0.15) is 24.5 Å². The minimum absolute atomic E-state index is 0.140. The van der Waals surface area contributed by atoms with Crippen molar-refractivity contribution in [3.05, 3.63) is 70.5 Å². The van der Waals surface area contributed by atoms with Gasteiger partial charge < -0.3 is 0 Å². The van der Waals surface area contributed by atoms with E-state index < -0.39 is 10.2 Å². The first kappa shape index (κ1) is 23.1. The lowest BCUT2D eigenvalue weighted by atomic mass is 9.94. The molecule has 0 amide bonds. The molecule has 0 saturated carbocycles. The smallest absolute Gasteiger partial charge is 0.252 e. The number of piperidine rings is 1. The van der Waals surface area contributed by atoms with Crippen LogP contribution < -0.4 is 0 Å². The lowest BCUT2D eigenvalue weighted by Gasteiger charge is -2.32. The summed E-state index contributed by atoms with van der Waals surface area (Å²) in [5.74, 6) is 0.140. The lowest BCUT2D eigenvalue weighted by molar-refractivity contribution is 0.300. The molecular weight excluding hydrogens is 467 g/mol. The standard InChI is InChI=1S/C23H24Cl2N4O2S/c1-28(2)32(30,31)29-13-11-16(12-14-29)21-15-26-22(17-3-7-19(24)8-4-17)23(27-21)18-5-9-20(25)10-6-18/h3-10,15-16H,11-14H2,1-2H3. The predicted octanol–water partition coefficient (Wildman–Crippen LogP) is 5.10. The molecule has 0 N–H and O–H groups in total. The van der Waals surface area contributed by atoms with E-state index >= 15 is 0 Å². The third-order valence-electron chi connectivity index (χ3n) is 5.69. The molecule has 2 aromatic carbocycles. The number of hydrogen-bond acceptors (Lipinski definition) is 4. The van der Waals surface area contributed by atoms with E-state index in [2.05, 4.69) is 0 Å². The largest absolute Gasteiger partial charge is 0.281 e. The molecule has 4 rings (SSSR count). The zero-order chi connectivity index (χ0) is 22.9. The van der Waals surface area contributed by atoms with Crippen molar-refractivity contribution in [1.82, 2.24) is 18.6 Å². The molecular formula is C23H24Cl2N4O2S. The van der Waals surface area contributed by atoms with E-state index in [0.29, 0.717) is 36.0 Å². The van der Waals surface area contributed by atoms with Crippen LogP contribution in [-0.2, 0) is 10.2 Å². The first-order valence-corrected chi connectivity index (χ1v) is 12.5. The van der Waals surface area contributed by atoms with E-state index in [1.165, 1.54) is 8.61 Å². The highest BCUT2D eigenvalue weighted by Gasteiger charge is 2.31. The van der Waals surface area contributed by atoms with Crippen molar-refractivity contribution in [3.8, 4) is 22.5 Å². The maximum atomic E-state index is 12.4. The van der Waals surface area contributed by atoms with Crippen LogP contribution in [0.4, 0.5) is 0 Å². The molecule has 6 nitrogen and oxygen atoms in total. The summed E-state index contributed by atoms with van der Waals surface area (Å²) in [4.78, 5) is 9.77. The number of nitrogens with zero attached hydrogens (tertiary/aromatic N) is 4. The SMILES string of the molecule is CN(C)S(=O)(=O)N1CCC(c2cnc(-c3ccc(Cl)cc3)c(-c3ccc(Cl)cc3)n2)CC1. The topological polar surface area (TPSA) is 66.4 Å². The maximum absolute atomic E-state index is 12.4. The summed E-state index contributed by atoms with van der Waals surface area (Å²) in [6, 6.07) is 15.1. The molecule has 2 heterocycles. The first-order chi connectivity index (χ1) is 15.3. The Morgan fingerprint density at radius 3 is 1.88 bits per heavy atom. The lowest BCUT2D eigenvalue weighted by Crippen LogP contribution is -2.44. The Kier molecular flexibility index (Phi) is 6.83. The van der Waals surface area contributed by atoms with Crippen LogP contribution in [0, 0.1) is 0 Å². The maximum Gasteiger partial charge on any atom is 0.281 e. The summed E-state index contributed by atoms with van der Waals surface area (Å²) >= 11 is 12.2. The zero-order valence-electron chi connectivity index (χ0n) is 17.9. The minimum Gasteiger partial charge on any atom is -0.252 e. The molecule has 1 aromatic heterocycles.